The zero-order valence-corrected chi connectivity index (χ0v) is 15.5. The Morgan fingerprint density at radius 2 is 2.04 bits per heavy atom. The average Bonchev–Trinajstić information content (AvgIpc) is 3.28. The SMILES string of the molecule is CC(C)c1cnn2c(N[C@H]3CC[C@H](N)C3)cc(CC3CCCC3)nc12. The first kappa shape index (κ1) is 16.8. The van der Waals surface area contributed by atoms with Crippen LogP contribution in [0.15, 0.2) is 12.3 Å². The summed E-state index contributed by atoms with van der Waals surface area (Å²) in [5.41, 5.74) is 9.57. The van der Waals surface area contributed by atoms with E-state index < -0.39 is 0 Å². The molecule has 3 N–H and O–H groups in total. The van der Waals surface area contributed by atoms with Gasteiger partial charge in [-0.25, -0.2) is 4.98 Å². The van der Waals surface area contributed by atoms with Crippen LogP contribution in [0.4, 0.5) is 5.82 Å². The van der Waals surface area contributed by atoms with E-state index in [9.17, 15) is 0 Å². The molecule has 2 heterocycles. The van der Waals surface area contributed by atoms with Gasteiger partial charge in [0.05, 0.1) is 6.20 Å². The van der Waals surface area contributed by atoms with E-state index in [-0.39, 0.29) is 0 Å². The molecule has 0 radical (unpaired) electrons. The van der Waals surface area contributed by atoms with Gasteiger partial charge in [0.25, 0.3) is 0 Å². The van der Waals surface area contributed by atoms with E-state index >= 15 is 0 Å². The van der Waals surface area contributed by atoms with Crippen molar-refractivity contribution in [3.8, 4) is 0 Å². The summed E-state index contributed by atoms with van der Waals surface area (Å²) >= 11 is 0. The van der Waals surface area contributed by atoms with Crippen molar-refractivity contribution in [2.45, 2.75) is 83.2 Å². The topological polar surface area (TPSA) is 68.2 Å². The molecule has 2 atom stereocenters. The molecule has 2 aliphatic rings. The Bertz CT molecular complexity index is 729. The number of rotatable bonds is 5. The zero-order chi connectivity index (χ0) is 17.4. The van der Waals surface area contributed by atoms with Gasteiger partial charge in [-0.1, -0.05) is 39.5 Å². The largest absolute Gasteiger partial charge is 0.367 e. The lowest BCUT2D eigenvalue weighted by atomic mass is 10.0. The predicted octanol–water partition coefficient (Wildman–Crippen LogP) is 3.88. The smallest absolute Gasteiger partial charge is 0.161 e. The summed E-state index contributed by atoms with van der Waals surface area (Å²) in [6.45, 7) is 4.43. The van der Waals surface area contributed by atoms with Crippen LogP contribution < -0.4 is 11.1 Å². The minimum absolute atomic E-state index is 0.330. The van der Waals surface area contributed by atoms with Crippen LogP contribution in [-0.2, 0) is 6.42 Å². The lowest BCUT2D eigenvalue weighted by Gasteiger charge is -2.17. The number of fused-ring (bicyclic) bond motifs is 1. The van der Waals surface area contributed by atoms with Crippen LogP contribution in [0.25, 0.3) is 5.65 Å². The number of nitrogens with zero attached hydrogens (tertiary/aromatic N) is 3. The standard InChI is InChI=1S/C20H31N5/c1-13(2)18-12-22-25-19(23-16-8-7-15(21)10-16)11-17(24-20(18)25)9-14-5-3-4-6-14/h11-16,23H,3-10,21H2,1-2H3/t15-,16-/m0/s1. The van der Waals surface area contributed by atoms with Gasteiger partial charge < -0.3 is 11.1 Å². The van der Waals surface area contributed by atoms with Crippen molar-refractivity contribution in [3.63, 3.8) is 0 Å². The highest BCUT2D eigenvalue weighted by atomic mass is 15.3. The van der Waals surface area contributed by atoms with Gasteiger partial charge in [0.1, 0.15) is 5.82 Å². The third-order valence-corrected chi connectivity index (χ3v) is 5.97. The lowest BCUT2D eigenvalue weighted by Crippen LogP contribution is -2.22. The van der Waals surface area contributed by atoms with Crippen LogP contribution in [0.2, 0.25) is 0 Å². The molecular formula is C20H31N5. The molecule has 25 heavy (non-hydrogen) atoms. The summed E-state index contributed by atoms with van der Waals surface area (Å²) in [6, 6.07) is 3.01. The lowest BCUT2D eigenvalue weighted by molar-refractivity contribution is 0.539. The zero-order valence-electron chi connectivity index (χ0n) is 15.5. The Kier molecular flexibility index (Phi) is 4.67. The van der Waals surface area contributed by atoms with E-state index in [1.165, 1.54) is 36.9 Å². The van der Waals surface area contributed by atoms with Crippen LogP contribution in [-0.4, -0.2) is 26.7 Å². The van der Waals surface area contributed by atoms with E-state index in [0.717, 1.165) is 43.1 Å². The first-order valence-electron chi connectivity index (χ1n) is 10.00. The van der Waals surface area contributed by atoms with Crippen LogP contribution in [0.1, 0.15) is 76.0 Å². The Labute approximate surface area is 150 Å². The highest BCUT2D eigenvalue weighted by Gasteiger charge is 2.24. The van der Waals surface area contributed by atoms with E-state index in [2.05, 4.69) is 30.3 Å². The molecule has 0 aromatic carbocycles. The number of hydrogen-bond acceptors (Lipinski definition) is 4. The molecule has 0 amide bonds. The molecule has 0 aliphatic heterocycles. The fraction of sp³-hybridized carbons (Fsp3) is 0.700. The molecule has 2 aromatic heterocycles. The van der Waals surface area contributed by atoms with Crippen LogP contribution in [0.3, 0.4) is 0 Å². The first-order valence-corrected chi connectivity index (χ1v) is 10.00. The maximum atomic E-state index is 6.10. The van der Waals surface area contributed by atoms with E-state index in [0.29, 0.717) is 18.0 Å². The maximum Gasteiger partial charge on any atom is 0.161 e. The molecule has 0 saturated heterocycles. The molecule has 136 valence electrons. The van der Waals surface area contributed by atoms with E-state index in [1.807, 2.05) is 10.7 Å². The molecule has 2 aromatic rings. The molecule has 0 unspecified atom stereocenters. The van der Waals surface area contributed by atoms with Crippen molar-refractivity contribution in [2.24, 2.45) is 11.7 Å². The highest BCUT2D eigenvalue weighted by Crippen LogP contribution is 2.30. The van der Waals surface area contributed by atoms with Crippen molar-refractivity contribution < 1.29 is 0 Å². The van der Waals surface area contributed by atoms with Crippen molar-refractivity contribution in [1.29, 1.82) is 0 Å². The molecule has 2 fully saturated rings. The molecule has 2 saturated carbocycles. The number of nitrogens with one attached hydrogen (secondary N) is 1. The van der Waals surface area contributed by atoms with Crippen molar-refractivity contribution in [1.82, 2.24) is 14.6 Å². The molecule has 5 nitrogen and oxygen atoms in total. The summed E-state index contributed by atoms with van der Waals surface area (Å²) in [5.74, 6) is 2.32. The summed E-state index contributed by atoms with van der Waals surface area (Å²) in [7, 11) is 0. The normalized spacial score (nSPS) is 24.6. The Morgan fingerprint density at radius 3 is 2.72 bits per heavy atom. The molecular weight excluding hydrogens is 310 g/mol. The second-order valence-electron chi connectivity index (χ2n) is 8.39. The van der Waals surface area contributed by atoms with E-state index in [4.69, 9.17) is 10.7 Å². The molecule has 5 heteroatoms. The van der Waals surface area contributed by atoms with E-state index in [1.54, 1.807) is 0 Å². The third-order valence-electron chi connectivity index (χ3n) is 5.97. The van der Waals surface area contributed by atoms with Crippen molar-refractivity contribution in [3.05, 3.63) is 23.5 Å². The number of anilines is 1. The number of aromatic nitrogens is 3. The van der Waals surface area contributed by atoms with Crippen LogP contribution >= 0.6 is 0 Å². The van der Waals surface area contributed by atoms with Crippen molar-refractivity contribution in [2.75, 3.05) is 5.32 Å². The molecule has 4 rings (SSSR count). The van der Waals surface area contributed by atoms with Gasteiger partial charge in [-0.3, -0.25) is 0 Å². The minimum atomic E-state index is 0.330. The highest BCUT2D eigenvalue weighted by molar-refractivity contribution is 5.55. The second-order valence-corrected chi connectivity index (χ2v) is 8.39. The second kappa shape index (κ2) is 6.94. The van der Waals surface area contributed by atoms with Gasteiger partial charge >= 0.3 is 0 Å². The number of nitrogens with two attached hydrogens (primary N) is 1. The summed E-state index contributed by atoms with van der Waals surface area (Å²) < 4.78 is 2.00. The average molecular weight is 342 g/mol. The van der Waals surface area contributed by atoms with Crippen LogP contribution in [0, 0.1) is 5.92 Å². The first-order chi connectivity index (χ1) is 12.1. The van der Waals surface area contributed by atoms with Gasteiger partial charge in [-0.2, -0.15) is 9.61 Å². The predicted molar refractivity (Wildman–Crippen MR) is 102 cm³/mol. The Hall–Kier alpha value is -1.62. The molecule has 0 spiro atoms. The minimum Gasteiger partial charge on any atom is -0.367 e. The number of hydrogen-bond donors (Lipinski definition) is 2. The summed E-state index contributed by atoms with van der Waals surface area (Å²) in [5, 5.41) is 8.35. The van der Waals surface area contributed by atoms with Gasteiger partial charge in [-0.05, 0) is 37.5 Å². The molecule has 2 aliphatic carbocycles. The fourth-order valence-electron chi connectivity index (χ4n) is 4.51. The molecule has 0 bridgehead atoms. The summed E-state index contributed by atoms with van der Waals surface area (Å²) in [4.78, 5) is 5.01. The van der Waals surface area contributed by atoms with Gasteiger partial charge in [0.15, 0.2) is 5.65 Å². The summed E-state index contributed by atoms with van der Waals surface area (Å²) in [6.07, 6.45) is 11.8. The van der Waals surface area contributed by atoms with Gasteiger partial charge in [0.2, 0.25) is 0 Å². The Balaban J connectivity index is 1.68. The third kappa shape index (κ3) is 3.52. The fourth-order valence-corrected chi connectivity index (χ4v) is 4.51. The Morgan fingerprint density at radius 1 is 1.24 bits per heavy atom. The quantitative estimate of drug-likeness (QED) is 0.866. The maximum absolute atomic E-state index is 6.10. The van der Waals surface area contributed by atoms with Gasteiger partial charge in [-0.15, -0.1) is 0 Å². The van der Waals surface area contributed by atoms with Gasteiger partial charge in [0, 0.05) is 29.4 Å². The van der Waals surface area contributed by atoms with Crippen molar-refractivity contribution >= 4 is 11.5 Å². The van der Waals surface area contributed by atoms with Crippen LogP contribution in [0.5, 0.6) is 0 Å². The monoisotopic (exact) mass is 341 g/mol.